The Kier molecular flexibility index (Phi) is 5.14. The number of anilines is 1. The average molecular weight is 336 g/mol. The molecule has 1 fully saturated rings. The number of nitrogens with one attached hydrogen (secondary N) is 1. The Balaban J connectivity index is 1.60. The number of carbonyl (C=O) groups excluding carboxylic acids is 1. The van der Waals surface area contributed by atoms with E-state index in [9.17, 15) is 4.79 Å². The Labute approximate surface area is 147 Å². The van der Waals surface area contributed by atoms with Crippen molar-refractivity contribution in [2.75, 3.05) is 18.4 Å². The van der Waals surface area contributed by atoms with E-state index in [1.54, 1.807) is 23.2 Å². The third kappa shape index (κ3) is 4.48. The molecule has 1 aliphatic heterocycles. The van der Waals surface area contributed by atoms with Crippen molar-refractivity contribution in [3.63, 3.8) is 0 Å². The minimum Gasteiger partial charge on any atom is -0.472 e. The van der Waals surface area contributed by atoms with Crippen molar-refractivity contribution < 1.29 is 9.53 Å². The number of nitriles is 1. The number of benzene rings is 1. The van der Waals surface area contributed by atoms with Crippen LogP contribution in [0, 0.1) is 18.3 Å². The van der Waals surface area contributed by atoms with E-state index in [1.165, 1.54) is 0 Å². The quantitative estimate of drug-likeness (QED) is 0.932. The van der Waals surface area contributed by atoms with Gasteiger partial charge in [0.25, 0.3) is 0 Å². The Hall–Kier alpha value is -3.07. The number of pyridine rings is 1. The fraction of sp³-hybridized carbons (Fsp3) is 0.316. The number of carbonyl (C=O) groups is 1. The average Bonchev–Trinajstić information content (AvgIpc) is 2.62. The maximum atomic E-state index is 12.5. The molecule has 0 bridgehead atoms. The minimum absolute atomic E-state index is 0.126. The summed E-state index contributed by atoms with van der Waals surface area (Å²) in [6, 6.07) is 12.9. The van der Waals surface area contributed by atoms with Crippen LogP contribution in [0.25, 0.3) is 0 Å². The van der Waals surface area contributed by atoms with Gasteiger partial charge in [-0.25, -0.2) is 9.78 Å². The van der Waals surface area contributed by atoms with Gasteiger partial charge < -0.3 is 15.0 Å². The summed E-state index contributed by atoms with van der Waals surface area (Å²) in [5.41, 5.74) is 2.40. The summed E-state index contributed by atoms with van der Waals surface area (Å²) in [4.78, 5) is 18.4. The number of urea groups is 1. The van der Waals surface area contributed by atoms with Crippen molar-refractivity contribution in [1.29, 1.82) is 5.26 Å². The van der Waals surface area contributed by atoms with Crippen LogP contribution in [-0.4, -0.2) is 35.1 Å². The van der Waals surface area contributed by atoms with E-state index in [0.29, 0.717) is 24.5 Å². The monoisotopic (exact) mass is 336 g/mol. The summed E-state index contributed by atoms with van der Waals surface area (Å²) in [6.07, 6.45) is 3.15. The third-order valence-corrected chi connectivity index (χ3v) is 4.09. The summed E-state index contributed by atoms with van der Waals surface area (Å²) in [7, 11) is 0. The lowest BCUT2D eigenvalue weighted by Gasteiger charge is -2.32. The Morgan fingerprint density at radius 2 is 2.28 bits per heavy atom. The summed E-state index contributed by atoms with van der Waals surface area (Å²) < 4.78 is 5.86. The van der Waals surface area contributed by atoms with Crippen LogP contribution in [0.4, 0.5) is 10.5 Å². The van der Waals surface area contributed by atoms with Crippen LogP contribution < -0.4 is 10.1 Å². The van der Waals surface area contributed by atoms with Gasteiger partial charge in [-0.15, -0.1) is 0 Å². The standard InChI is InChI=1S/C19H20N4O2/c1-14-4-2-5-16(10-14)22-19(24)23-9-3-6-17(13-23)25-18-11-15(12-20)7-8-21-18/h2,4-5,7-8,10-11,17H,3,6,9,13H2,1H3,(H,22,24). The molecule has 1 unspecified atom stereocenters. The molecule has 0 radical (unpaired) electrons. The molecule has 1 aromatic carbocycles. The first-order valence-corrected chi connectivity index (χ1v) is 8.29. The number of piperidine rings is 1. The smallest absolute Gasteiger partial charge is 0.321 e. The second kappa shape index (κ2) is 7.67. The van der Waals surface area contributed by atoms with E-state index < -0.39 is 0 Å². The highest BCUT2D eigenvalue weighted by Crippen LogP contribution is 2.19. The van der Waals surface area contributed by atoms with Crippen LogP contribution in [0.2, 0.25) is 0 Å². The molecule has 2 heterocycles. The van der Waals surface area contributed by atoms with E-state index in [4.69, 9.17) is 10.00 Å². The molecule has 6 heteroatoms. The van der Waals surface area contributed by atoms with Gasteiger partial charge >= 0.3 is 6.03 Å². The first-order chi connectivity index (χ1) is 12.1. The molecular formula is C19H20N4O2. The van der Waals surface area contributed by atoms with Crippen LogP contribution in [-0.2, 0) is 0 Å². The molecular weight excluding hydrogens is 316 g/mol. The number of ether oxygens (including phenoxy) is 1. The van der Waals surface area contributed by atoms with Gasteiger partial charge in [-0.2, -0.15) is 5.26 Å². The van der Waals surface area contributed by atoms with Gasteiger partial charge in [0.05, 0.1) is 18.2 Å². The number of nitrogens with zero attached hydrogens (tertiary/aromatic N) is 3. The molecule has 1 saturated heterocycles. The first kappa shape index (κ1) is 16.8. The number of aryl methyl sites for hydroxylation is 1. The lowest BCUT2D eigenvalue weighted by Crippen LogP contribution is -2.46. The second-order valence-electron chi connectivity index (χ2n) is 6.12. The minimum atomic E-state index is -0.127. The molecule has 2 amide bonds. The van der Waals surface area contributed by atoms with Crippen LogP contribution in [0.5, 0.6) is 5.88 Å². The Morgan fingerprint density at radius 1 is 1.40 bits per heavy atom. The number of amides is 2. The van der Waals surface area contributed by atoms with Crippen LogP contribution in [0.15, 0.2) is 42.6 Å². The first-order valence-electron chi connectivity index (χ1n) is 8.29. The summed E-state index contributed by atoms with van der Waals surface area (Å²) in [5.74, 6) is 0.421. The second-order valence-corrected chi connectivity index (χ2v) is 6.12. The number of rotatable bonds is 3. The van der Waals surface area contributed by atoms with Gasteiger partial charge in [0, 0.05) is 24.5 Å². The van der Waals surface area contributed by atoms with Gasteiger partial charge in [0.2, 0.25) is 5.88 Å². The van der Waals surface area contributed by atoms with E-state index in [0.717, 1.165) is 24.1 Å². The molecule has 1 atom stereocenters. The molecule has 0 spiro atoms. The SMILES string of the molecule is Cc1cccc(NC(=O)N2CCCC(Oc3cc(C#N)ccn3)C2)c1. The molecule has 3 rings (SSSR count). The molecule has 6 nitrogen and oxygen atoms in total. The van der Waals surface area contributed by atoms with Gasteiger partial charge in [0.15, 0.2) is 0 Å². The van der Waals surface area contributed by atoms with Crippen molar-refractivity contribution in [1.82, 2.24) is 9.88 Å². The lowest BCUT2D eigenvalue weighted by atomic mass is 10.1. The number of aromatic nitrogens is 1. The maximum Gasteiger partial charge on any atom is 0.321 e. The highest BCUT2D eigenvalue weighted by molar-refractivity contribution is 5.89. The van der Waals surface area contributed by atoms with Gasteiger partial charge in [-0.1, -0.05) is 12.1 Å². The van der Waals surface area contributed by atoms with E-state index in [2.05, 4.69) is 16.4 Å². The molecule has 0 aliphatic carbocycles. The highest BCUT2D eigenvalue weighted by atomic mass is 16.5. The van der Waals surface area contributed by atoms with Gasteiger partial charge in [-0.05, 0) is 43.5 Å². The van der Waals surface area contributed by atoms with Gasteiger partial charge in [-0.3, -0.25) is 0 Å². The van der Waals surface area contributed by atoms with Crippen molar-refractivity contribution in [2.45, 2.75) is 25.9 Å². The molecule has 2 aromatic rings. The van der Waals surface area contributed by atoms with E-state index in [-0.39, 0.29) is 12.1 Å². The molecule has 128 valence electrons. The Morgan fingerprint density at radius 3 is 3.08 bits per heavy atom. The Bertz CT molecular complexity index is 800. The number of hydrogen-bond donors (Lipinski definition) is 1. The van der Waals surface area contributed by atoms with Crippen molar-refractivity contribution in [2.24, 2.45) is 0 Å². The number of likely N-dealkylation sites (tertiary alicyclic amines) is 1. The van der Waals surface area contributed by atoms with Crippen molar-refractivity contribution in [3.8, 4) is 11.9 Å². The fourth-order valence-electron chi connectivity index (χ4n) is 2.86. The summed E-state index contributed by atoms with van der Waals surface area (Å²) in [6.45, 7) is 3.18. The van der Waals surface area contributed by atoms with E-state index in [1.807, 2.05) is 31.2 Å². The third-order valence-electron chi connectivity index (χ3n) is 4.09. The molecule has 25 heavy (non-hydrogen) atoms. The van der Waals surface area contributed by atoms with Crippen molar-refractivity contribution >= 4 is 11.7 Å². The predicted octanol–water partition coefficient (Wildman–Crippen LogP) is 3.34. The van der Waals surface area contributed by atoms with Crippen LogP contribution in [0.1, 0.15) is 24.0 Å². The largest absolute Gasteiger partial charge is 0.472 e. The maximum absolute atomic E-state index is 12.5. The highest BCUT2D eigenvalue weighted by Gasteiger charge is 2.25. The zero-order valence-corrected chi connectivity index (χ0v) is 14.1. The summed E-state index contributed by atoms with van der Waals surface area (Å²) >= 11 is 0. The normalized spacial score (nSPS) is 16.8. The number of hydrogen-bond acceptors (Lipinski definition) is 4. The molecule has 0 saturated carbocycles. The fourth-order valence-corrected chi connectivity index (χ4v) is 2.86. The van der Waals surface area contributed by atoms with Crippen molar-refractivity contribution in [3.05, 3.63) is 53.7 Å². The van der Waals surface area contributed by atoms with E-state index >= 15 is 0 Å². The van der Waals surface area contributed by atoms with Crippen LogP contribution in [0.3, 0.4) is 0 Å². The van der Waals surface area contributed by atoms with Gasteiger partial charge in [0.1, 0.15) is 6.10 Å². The predicted molar refractivity (Wildman–Crippen MR) is 94.4 cm³/mol. The molecule has 1 N–H and O–H groups in total. The van der Waals surface area contributed by atoms with Crippen LogP contribution >= 0.6 is 0 Å². The topological polar surface area (TPSA) is 78.3 Å². The zero-order chi connectivity index (χ0) is 17.6. The lowest BCUT2D eigenvalue weighted by molar-refractivity contribution is 0.102. The molecule has 1 aliphatic rings. The zero-order valence-electron chi connectivity index (χ0n) is 14.1. The molecule has 1 aromatic heterocycles. The summed E-state index contributed by atoms with van der Waals surface area (Å²) in [5, 5.41) is 11.9.